The van der Waals surface area contributed by atoms with Crippen molar-refractivity contribution in [3.05, 3.63) is 36.8 Å². The number of carbonyl (C=O) groups excluding carboxylic acids is 1. The molecule has 2 N–H and O–H groups in total. The van der Waals surface area contributed by atoms with E-state index >= 15 is 0 Å². The first kappa shape index (κ1) is 14.5. The van der Waals surface area contributed by atoms with Crippen LogP contribution in [0.25, 0.3) is 0 Å². The number of aliphatic hydroxyl groups excluding tert-OH is 1. The van der Waals surface area contributed by atoms with Gasteiger partial charge in [-0.25, -0.2) is 0 Å². The molecule has 90 valence electrons. The number of allylic oxidation sites excluding steroid dienone is 2. The average molecular weight is 225 g/mol. The molecule has 0 fully saturated rings. The molecule has 0 atom stereocenters. The third-order valence-corrected chi connectivity index (χ3v) is 1.63. The number of ether oxygens (including phenoxy) is 1. The van der Waals surface area contributed by atoms with Gasteiger partial charge >= 0.3 is 0 Å². The van der Waals surface area contributed by atoms with Gasteiger partial charge in [-0.2, -0.15) is 0 Å². The lowest BCUT2D eigenvalue weighted by Crippen LogP contribution is -2.27. The highest BCUT2D eigenvalue weighted by Crippen LogP contribution is 2.00. The minimum absolute atomic E-state index is 0.0417. The molecular weight excluding hydrogens is 206 g/mol. The highest BCUT2D eigenvalue weighted by atomic mass is 16.5. The molecule has 0 aliphatic carbocycles. The first-order valence-electron chi connectivity index (χ1n) is 5.07. The largest absolute Gasteiger partial charge is 0.506 e. The summed E-state index contributed by atoms with van der Waals surface area (Å²) in [6.45, 7) is 11.3. The summed E-state index contributed by atoms with van der Waals surface area (Å²) in [4.78, 5) is 11.4. The van der Waals surface area contributed by atoms with Crippen molar-refractivity contribution in [3.8, 4) is 0 Å². The van der Waals surface area contributed by atoms with Gasteiger partial charge in [0.1, 0.15) is 12.4 Å². The first-order valence-corrected chi connectivity index (χ1v) is 5.07. The van der Waals surface area contributed by atoms with Gasteiger partial charge < -0.3 is 15.2 Å². The zero-order valence-corrected chi connectivity index (χ0v) is 9.82. The van der Waals surface area contributed by atoms with Crippen LogP contribution in [0.3, 0.4) is 0 Å². The molecule has 0 aromatic heterocycles. The predicted molar refractivity (Wildman–Crippen MR) is 63.8 cm³/mol. The monoisotopic (exact) mass is 225 g/mol. The van der Waals surface area contributed by atoms with Gasteiger partial charge in [-0.15, -0.1) is 0 Å². The van der Waals surface area contributed by atoms with E-state index in [0.29, 0.717) is 12.5 Å². The van der Waals surface area contributed by atoms with Crippen LogP contribution in [0.5, 0.6) is 0 Å². The zero-order chi connectivity index (χ0) is 12.6. The molecule has 4 nitrogen and oxygen atoms in total. The summed E-state index contributed by atoms with van der Waals surface area (Å²) in [6.07, 6.45) is 2.57. The van der Waals surface area contributed by atoms with Gasteiger partial charge in [-0.1, -0.05) is 27.0 Å². The second-order valence-corrected chi connectivity index (χ2v) is 3.66. The number of nitrogens with one attached hydrogen (secondary N) is 1. The number of rotatable bonds is 7. The Kier molecular flexibility index (Phi) is 6.96. The molecule has 0 aromatic rings. The van der Waals surface area contributed by atoms with Crippen molar-refractivity contribution >= 4 is 5.91 Å². The SMILES string of the molecule is C=C/C(O)=C(\C=C)NC(=O)COCC(C)C. The Morgan fingerprint density at radius 2 is 2.06 bits per heavy atom. The topological polar surface area (TPSA) is 58.6 Å². The Labute approximate surface area is 96.3 Å². The molecule has 4 heteroatoms. The van der Waals surface area contributed by atoms with E-state index in [2.05, 4.69) is 18.5 Å². The standard InChI is InChI=1S/C12H19NO3/c1-5-10(11(14)6-2)13-12(15)8-16-7-9(3)4/h5-6,9,14H,1-2,7-8H2,3-4H3,(H,13,15)/b11-10-. The predicted octanol–water partition coefficient (Wildman–Crippen LogP) is 1.92. The molecule has 0 heterocycles. The first-order chi connectivity index (χ1) is 7.51. The van der Waals surface area contributed by atoms with Gasteiger partial charge in [0, 0.05) is 6.61 Å². The van der Waals surface area contributed by atoms with Crippen LogP contribution >= 0.6 is 0 Å². The molecule has 1 amide bonds. The summed E-state index contributed by atoms with van der Waals surface area (Å²) in [7, 11) is 0. The maximum Gasteiger partial charge on any atom is 0.250 e. The Morgan fingerprint density at radius 1 is 1.44 bits per heavy atom. The number of amides is 1. The summed E-state index contributed by atoms with van der Waals surface area (Å²) in [6, 6.07) is 0. The third-order valence-electron chi connectivity index (χ3n) is 1.63. The van der Waals surface area contributed by atoms with E-state index in [1.165, 1.54) is 12.2 Å². The van der Waals surface area contributed by atoms with Gasteiger partial charge in [-0.3, -0.25) is 4.79 Å². The number of hydrogen-bond acceptors (Lipinski definition) is 3. The van der Waals surface area contributed by atoms with E-state index in [4.69, 9.17) is 4.74 Å². The molecule has 0 bridgehead atoms. The maximum absolute atomic E-state index is 11.4. The van der Waals surface area contributed by atoms with Crippen LogP contribution in [-0.2, 0) is 9.53 Å². The minimum atomic E-state index is -0.330. The van der Waals surface area contributed by atoms with E-state index in [0.717, 1.165) is 0 Å². The van der Waals surface area contributed by atoms with Crippen LogP contribution in [0.2, 0.25) is 0 Å². The van der Waals surface area contributed by atoms with Crippen molar-refractivity contribution in [2.24, 2.45) is 5.92 Å². The minimum Gasteiger partial charge on any atom is -0.506 e. The van der Waals surface area contributed by atoms with Gasteiger partial charge in [0.15, 0.2) is 0 Å². The molecule has 0 unspecified atom stereocenters. The van der Waals surface area contributed by atoms with E-state index in [1.807, 2.05) is 13.8 Å². The van der Waals surface area contributed by atoms with Crippen molar-refractivity contribution in [1.29, 1.82) is 0 Å². The lowest BCUT2D eigenvalue weighted by atomic mass is 10.2. The van der Waals surface area contributed by atoms with Gasteiger partial charge in [0.25, 0.3) is 0 Å². The van der Waals surface area contributed by atoms with Crippen molar-refractivity contribution < 1.29 is 14.6 Å². The van der Waals surface area contributed by atoms with Crippen molar-refractivity contribution in [2.45, 2.75) is 13.8 Å². The zero-order valence-electron chi connectivity index (χ0n) is 9.82. The van der Waals surface area contributed by atoms with Crippen LogP contribution in [-0.4, -0.2) is 24.2 Å². The van der Waals surface area contributed by atoms with Crippen LogP contribution in [0.4, 0.5) is 0 Å². The smallest absolute Gasteiger partial charge is 0.250 e. The van der Waals surface area contributed by atoms with E-state index in [9.17, 15) is 9.90 Å². The Morgan fingerprint density at radius 3 is 2.50 bits per heavy atom. The fourth-order valence-electron chi connectivity index (χ4n) is 0.903. The van der Waals surface area contributed by atoms with Crippen LogP contribution in [0.1, 0.15) is 13.8 Å². The molecule has 0 aromatic carbocycles. The highest BCUT2D eigenvalue weighted by Gasteiger charge is 2.06. The average Bonchev–Trinajstić information content (AvgIpc) is 2.24. The molecule has 0 spiro atoms. The quantitative estimate of drug-likeness (QED) is 0.514. The van der Waals surface area contributed by atoms with E-state index in [-0.39, 0.29) is 24.0 Å². The van der Waals surface area contributed by atoms with Crippen molar-refractivity contribution in [3.63, 3.8) is 0 Å². The third kappa shape index (κ3) is 6.03. The van der Waals surface area contributed by atoms with Crippen LogP contribution in [0.15, 0.2) is 36.8 Å². The number of aliphatic hydroxyl groups is 1. The molecule has 0 radical (unpaired) electrons. The van der Waals surface area contributed by atoms with E-state index in [1.54, 1.807) is 0 Å². The maximum atomic E-state index is 11.4. The molecule has 0 saturated heterocycles. The summed E-state index contributed by atoms with van der Waals surface area (Å²) in [5.41, 5.74) is 0.230. The Hall–Kier alpha value is -1.55. The lowest BCUT2D eigenvalue weighted by molar-refractivity contribution is -0.125. The summed E-state index contributed by atoms with van der Waals surface area (Å²) < 4.78 is 5.14. The normalized spacial score (nSPS) is 11.9. The molecule has 0 aliphatic heterocycles. The summed E-state index contributed by atoms with van der Waals surface area (Å²) >= 11 is 0. The second-order valence-electron chi connectivity index (χ2n) is 3.66. The fourth-order valence-corrected chi connectivity index (χ4v) is 0.903. The highest BCUT2D eigenvalue weighted by molar-refractivity contribution is 5.79. The molecule has 0 saturated carbocycles. The summed E-state index contributed by atoms with van der Waals surface area (Å²) in [5.74, 6) is -0.0695. The molecule has 0 aliphatic rings. The lowest BCUT2D eigenvalue weighted by Gasteiger charge is -2.08. The molecule has 16 heavy (non-hydrogen) atoms. The summed E-state index contributed by atoms with van der Waals surface area (Å²) in [5, 5.41) is 11.8. The second kappa shape index (κ2) is 7.70. The number of hydrogen-bond donors (Lipinski definition) is 2. The molecule has 0 rings (SSSR count). The molecular formula is C12H19NO3. The van der Waals surface area contributed by atoms with E-state index < -0.39 is 0 Å². The van der Waals surface area contributed by atoms with Gasteiger partial charge in [0.05, 0.1) is 5.70 Å². The van der Waals surface area contributed by atoms with Gasteiger partial charge in [-0.05, 0) is 18.1 Å². The van der Waals surface area contributed by atoms with Crippen LogP contribution < -0.4 is 5.32 Å². The Balaban J connectivity index is 4.13. The van der Waals surface area contributed by atoms with Gasteiger partial charge in [0.2, 0.25) is 5.91 Å². The Bertz CT molecular complexity index is 293. The van der Waals surface area contributed by atoms with Crippen molar-refractivity contribution in [2.75, 3.05) is 13.2 Å². The fraction of sp³-hybridized carbons (Fsp3) is 0.417. The number of carbonyl (C=O) groups is 1. The van der Waals surface area contributed by atoms with Crippen molar-refractivity contribution in [1.82, 2.24) is 5.32 Å². The van der Waals surface area contributed by atoms with Crippen LogP contribution in [0, 0.1) is 5.92 Å².